The minimum atomic E-state index is 0.716. The van der Waals surface area contributed by atoms with Crippen LogP contribution in [0.5, 0.6) is 0 Å². The molecule has 0 amide bonds. The first-order valence-electron chi connectivity index (χ1n) is 6.66. The highest BCUT2D eigenvalue weighted by molar-refractivity contribution is 5.18. The van der Waals surface area contributed by atoms with E-state index in [-0.39, 0.29) is 0 Å². The molecule has 0 aromatic carbocycles. The zero-order valence-corrected chi connectivity index (χ0v) is 10.5. The molecule has 0 radical (unpaired) electrons. The first-order valence-corrected chi connectivity index (χ1v) is 6.66. The van der Waals surface area contributed by atoms with Gasteiger partial charge in [0, 0.05) is 45.7 Å². The zero-order chi connectivity index (χ0) is 11.7. The Bertz CT molecular complexity index is 376. The lowest BCUT2D eigenvalue weighted by Gasteiger charge is -2.29. The topological polar surface area (TPSA) is 46.0 Å². The average molecular weight is 235 g/mol. The second-order valence-electron chi connectivity index (χ2n) is 5.20. The molecule has 1 aliphatic carbocycles. The lowest BCUT2D eigenvalue weighted by atomic mass is 9.82. The third kappa shape index (κ3) is 2.21. The molecule has 2 fully saturated rings. The Kier molecular flexibility index (Phi) is 3.11. The van der Waals surface area contributed by atoms with Gasteiger partial charge in [-0.1, -0.05) is 11.6 Å². The van der Waals surface area contributed by atoms with Gasteiger partial charge in [0.25, 0.3) is 0 Å². The van der Waals surface area contributed by atoms with Crippen LogP contribution in [0.3, 0.4) is 0 Å². The van der Waals surface area contributed by atoms with Crippen molar-refractivity contribution in [2.75, 3.05) is 26.2 Å². The lowest BCUT2D eigenvalue weighted by molar-refractivity contribution is 0.228. The molecule has 0 atom stereocenters. The van der Waals surface area contributed by atoms with Gasteiger partial charge in [-0.3, -0.25) is 9.58 Å². The Hall–Kier alpha value is -0.940. The van der Waals surface area contributed by atoms with Gasteiger partial charge in [0.2, 0.25) is 0 Å². The first kappa shape index (κ1) is 11.2. The van der Waals surface area contributed by atoms with Crippen LogP contribution in [0.1, 0.15) is 36.6 Å². The quantitative estimate of drug-likeness (QED) is 0.828. The van der Waals surface area contributed by atoms with Crippen LogP contribution in [0, 0.1) is 0 Å². The Labute approximate surface area is 102 Å². The van der Waals surface area contributed by atoms with E-state index in [0.29, 0.717) is 5.92 Å². The van der Waals surface area contributed by atoms with E-state index in [9.17, 15) is 0 Å². The van der Waals surface area contributed by atoms with E-state index >= 15 is 0 Å². The number of hydrogen-bond donors (Lipinski definition) is 1. The predicted octanol–water partition coefficient (Wildman–Crippen LogP) is 0.488. The van der Waals surface area contributed by atoms with Gasteiger partial charge in [-0.05, 0) is 12.8 Å². The lowest BCUT2D eigenvalue weighted by Crippen LogP contribution is -2.43. The maximum atomic E-state index is 4.36. The van der Waals surface area contributed by atoms with Crippen LogP contribution < -0.4 is 5.32 Å². The molecule has 1 aliphatic heterocycles. The molecule has 2 heterocycles. The van der Waals surface area contributed by atoms with Gasteiger partial charge in [-0.15, -0.1) is 5.10 Å². The number of nitrogens with one attached hydrogen (secondary N) is 1. The molecule has 2 aliphatic rings. The molecule has 0 spiro atoms. The average Bonchev–Trinajstić information content (AvgIpc) is 2.61. The first-order chi connectivity index (χ1) is 8.34. The summed E-state index contributed by atoms with van der Waals surface area (Å²) in [6, 6.07) is 0. The molecule has 5 nitrogen and oxygen atoms in total. The molecular formula is C12H21N5. The van der Waals surface area contributed by atoms with E-state index in [4.69, 9.17) is 0 Å². The molecule has 0 bridgehead atoms. The predicted molar refractivity (Wildman–Crippen MR) is 65.7 cm³/mol. The fourth-order valence-electron chi connectivity index (χ4n) is 2.78. The zero-order valence-electron chi connectivity index (χ0n) is 10.5. The molecular weight excluding hydrogens is 214 g/mol. The summed E-state index contributed by atoms with van der Waals surface area (Å²) in [5.74, 6) is 0.716. The molecule has 1 saturated heterocycles. The number of piperazine rings is 1. The highest BCUT2D eigenvalue weighted by Gasteiger charge is 2.27. The summed E-state index contributed by atoms with van der Waals surface area (Å²) in [5.41, 5.74) is 2.59. The van der Waals surface area contributed by atoms with Crippen LogP contribution in [0.25, 0.3) is 0 Å². The highest BCUT2D eigenvalue weighted by Crippen LogP contribution is 2.37. The van der Waals surface area contributed by atoms with Crippen LogP contribution in [0.15, 0.2) is 0 Å². The third-order valence-electron chi connectivity index (χ3n) is 4.02. The normalized spacial score (nSPS) is 22.6. The van der Waals surface area contributed by atoms with Gasteiger partial charge in [0.05, 0.1) is 5.69 Å². The number of aromatic nitrogens is 3. The SMILES string of the molecule is Cn1nnc(CN2CCNCC2)c1C1CCC1. The summed E-state index contributed by atoms with van der Waals surface area (Å²) in [6.45, 7) is 5.42. The van der Waals surface area contributed by atoms with Crippen molar-refractivity contribution in [3.8, 4) is 0 Å². The van der Waals surface area contributed by atoms with Crippen molar-refractivity contribution in [3.05, 3.63) is 11.4 Å². The summed E-state index contributed by atoms with van der Waals surface area (Å²) < 4.78 is 1.99. The van der Waals surface area contributed by atoms with E-state index in [1.807, 2.05) is 11.7 Å². The standard InChI is InChI=1S/C12H21N5/c1-16-12(10-3-2-4-10)11(14-15-16)9-17-7-5-13-6-8-17/h10,13H,2-9H2,1H3. The summed E-state index contributed by atoms with van der Waals surface area (Å²) in [4.78, 5) is 2.47. The summed E-state index contributed by atoms with van der Waals surface area (Å²) in [7, 11) is 2.03. The molecule has 0 unspecified atom stereocenters. The minimum absolute atomic E-state index is 0.716. The highest BCUT2D eigenvalue weighted by atomic mass is 15.4. The second-order valence-corrected chi connectivity index (χ2v) is 5.20. The molecule has 1 aromatic rings. The molecule has 5 heteroatoms. The van der Waals surface area contributed by atoms with Crippen molar-refractivity contribution in [2.45, 2.75) is 31.7 Å². The summed E-state index contributed by atoms with van der Waals surface area (Å²) in [6.07, 6.45) is 3.99. The second kappa shape index (κ2) is 4.74. The Balaban J connectivity index is 1.73. The maximum Gasteiger partial charge on any atom is 0.100 e. The van der Waals surface area contributed by atoms with E-state index < -0.39 is 0 Å². The molecule has 1 aromatic heterocycles. The van der Waals surface area contributed by atoms with E-state index in [0.717, 1.165) is 32.7 Å². The van der Waals surface area contributed by atoms with Crippen molar-refractivity contribution in [1.82, 2.24) is 25.2 Å². The van der Waals surface area contributed by atoms with E-state index in [1.165, 1.54) is 30.7 Å². The number of hydrogen-bond acceptors (Lipinski definition) is 4. The van der Waals surface area contributed by atoms with Gasteiger partial charge in [-0.2, -0.15) is 0 Å². The van der Waals surface area contributed by atoms with Crippen molar-refractivity contribution in [3.63, 3.8) is 0 Å². The molecule has 3 rings (SSSR count). The Morgan fingerprint density at radius 3 is 2.71 bits per heavy atom. The van der Waals surface area contributed by atoms with Gasteiger partial charge in [-0.25, -0.2) is 0 Å². The summed E-state index contributed by atoms with van der Waals surface area (Å²) in [5, 5.41) is 12.0. The smallest absolute Gasteiger partial charge is 0.100 e. The summed E-state index contributed by atoms with van der Waals surface area (Å²) >= 11 is 0. The van der Waals surface area contributed by atoms with Crippen molar-refractivity contribution < 1.29 is 0 Å². The number of aryl methyl sites for hydroxylation is 1. The number of nitrogens with zero attached hydrogens (tertiary/aromatic N) is 4. The van der Waals surface area contributed by atoms with Crippen molar-refractivity contribution in [2.24, 2.45) is 7.05 Å². The Morgan fingerprint density at radius 1 is 1.29 bits per heavy atom. The van der Waals surface area contributed by atoms with Crippen molar-refractivity contribution in [1.29, 1.82) is 0 Å². The monoisotopic (exact) mass is 235 g/mol. The molecule has 1 N–H and O–H groups in total. The maximum absolute atomic E-state index is 4.36. The van der Waals surface area contributed by atoms with Crippen LogP contribution in [0.2, 0.25) is 0 Å². The van der Waals surface area contributed by atoms with Crippen molar-refractivity contribution >= 4 is 0 Å². The fraction of sp³-hybridized carbons (Fsp3) is 0.833. The Morgan fingerprint density at radius 2 is 2.06 bits per heavy atom. The van der Waals surface area contributed by atoms with Crippen LogP contribution in [-0.2, 0) is 13.6 Å². The minimum Gasteiger partial charge on any atom is -0.314 e. The fourth-order valence-corrected chi connectivity index (χ4v) is 2.78. The third-order valence-corrected chi connectivity index (χ3v) is 4.02. The van der Waals surface area contributed by atoms with Gasteiger partial charge in [0.15, 0.2) is 0 Å². The molecule has 1 saturated carbocycles. The molecule has 17 heavy (non-hydrogen) atoms. The van der Waals surface area contributed by atoms with Crippen LogP contribution >= 0.6 is 0 Å². The van der Waals surface area contributed by atoms with Gasteiger partial charge in [0.1, 0.15) is 5.69 Å². The largest absolute Gasteiger partial charge is 0.314 e. The van der Waals surface area contributed by atoms with Gasteiger partial charge < -0.3 is 5.32 Å². The van der Waals surface area contributed by atoms with E-state index in [2.05, 4.69) is 20.5 Å². The van der Waals surface area contributed by atoms with E-state index in [1.54, 1.807) is 0 Å². The van der Waals surface area contributed by atoms with Crippen LogP contribution in [-0.4, -0.2) is 46.1 Å². The number of rotatable bonds is 3. The molecule has 94 valence electrons. The van der Waals surface area contributed by atoms with Gasteiger partial charge >= 0.3 is 0 Å². The van der Waals surface area contributed by atoms with Crippen LogP contribution in [0.4, 0.5) is 0 Å².